The maximum atomic E-state index is 11.1. The third-order valence-electron chi connectivity index (χ3n) is 2.23. The monoisotopic (exact) mass is 207 g/mol. The summed E-state index contributed by atoms with van der Waals surface area (Å²) in [6.07, 6.45) is 0. The molecule has 0 aliphatic heterocycles. The standard InChI is InChI=1S/C11H13NO3/c1-8(13)12(2)10(11(14)15)9-6-4-3-5-7-9/h3-7,10H,1-2H3,(H,14,15). The predicted molar refractivity (Wildman–Crippen MR) is 55.3 cm³/mol. The summed E-state index contributed by atoms with van der Waals surface area (Å²) in [6, 6.07) is 7.77. The van der Waals surface area contributed by atoms with Crippen molar-refractivity contribution in [2.75, 3.05) is 7.05 Å². The minimum Gasteiger partial charge on any atom is -0.479 e. The highest BCUT2D eigenvalue weighted by Crippen LogP contribution is 2.19. The molecule has 1 N–H and O–H groups in total. The molecule has 1 aromatic rings. The van der Waals surface area contributed by atoms with Gasteiger partial charge >= 0.3 is 5.97 Å². The second-order valence-corrected chi connectivity index (χ2v) is 3.28. The van der Waals surface area contributed by atoms with Crippen molar-refractivity contribution in [1.82, 2.24) is 4.90 Å². The molecule has 1 atom stereocenters. The fraction of sp³-hybridized carbons (Fsp3) is 0.273. The number of likely N-dealkylation sites (N-methyl/N-ethyl adjacent to an activating group) is 1. The minimum absolute atomic E-state index is 0.272. The maximum Gasteiger partial charge on any atom is 0.331 e. The molecule has 0 bridgehead atoms. The molecule has 0 aliphatic carbocycles. The predicted octanol–water partition coefficient (Wildman–Crippen LogP) is 1.29. The number of aliphatic carboxylic acids is 1. The Morgan fingerprint density at radius 1 is 1.27 bits per heavy atom. The van der Waals surface area contributed by atoms with Crippen molar-refractivity contribution in [1.29, 1.82) is 0 Å². The summed E-state index contributed by atoms with van der Waals surface area (Å²) >= 11 is 0. The van der Waals surface area contributed by atoms with E-state index in [-0.39, 0.29) is 5.91 Å². The van der Waals surface area contributed by atoms with Gasteiger partial charge in [-0.2, -0.15) is 0 Å². The Bertz CT molecular complexity index is 361. The lowest BCUT2D eigenvalue weighted by Crippen LogP contribution is -2.34. The zero-order chi connectivity index (χ0) is 11.4. The molecule has 1 rings (SSSR count). The molecule has 1 unspecified atom stereocenters. The molecule has 0 heterocycles. The average molecular weight is 207 g/mol. The van der Waals surface area contributed by atoms with Gasteiger partial charge in [0.25, 0.3) is 0 Å². The van der Waals surface area contributed by atoms with Crippen LogP contribution in [0.2, 0.25) is 0 Å². The summed E-state index contributed by atoms with van der Waals surface area (Å²) < 4.78 is 0. The zero-order valence-electron chi connectivity index (χ0n) is 8.68. The third kappa shape index (κ3) is 2.56. The van der Waals surface area contributed by atoms with E-state index in [1.165, 1.54) is 18.9 Å². The number of nitrogens with zero attached hydrogens (tertiary/aromatic N) is 1. The largest absolute Gasteiger partial charge is 0.479 e. The SMILES string of the molecule is CC(=O)N(C)C(C(=O)O)c1ccccc1. The number of carbonyl (C=O) groups excluding carboxylic acids is 1. The number of benzene rings is 1. The molecule has 1 amide bonds. The van der Waals surface area contributed by atoms with E-state index in [4.69, 9.17) is 5.11 Å². The highest BCUT2D eigenvalue weighted by Gasteiger charge is 2.25. The van der Waals surface area contributed by atoms with Gasteiger partial charge in [-0.05, 0) is 5.56 Å². The van der Waals surface area contributed by atoms with Crippen molar-refractivity contribution in [3.8, 4) is 0 Å². The summed E-state index contributed by atoms with van der Waals surface area (Å²) in [4.78, 5) is 23.4. The molecule has 4 heteroatoms. The van der Waals surface area contributed by atoms with Gasteiger partial charge in [0.05, 0.1) is 0 Å². The summed E-state index contributed by atoms with van der Waals surface area (Å²) in [5.41, 5.74) is 0.600. The molecule has 0 fully saturated rings. The van der Waals surface area contributed by atoms with Gasteiger partial charge < -0.3 is 10.0 Å². The van der Waals surface area contributed by atoms with Gasteiger partial charge in [-0.15, -0.1) is 0 Å². The molecule has 0 aromatic heterocycles. The second-order valence-electron chi connectivity index (χ2n) is 3.28. The lowest BCUT2D eigenvalue weighted by Gasteiger charge is -2.23. The van der Waals surface area contributed by atoms with Gasteiger partial charge in [0.15, 0.2) is 6.04 Å². The molecular weight excluding hydrogens is 194 g/mol. The number of hydrogen-bond acceptors (Lipinski definition) is 2. The van der Waals surface area contributed by atoms with Crippen LogP contribution < -0.4 is 0 Å². The highest BCUT2D eigenvalue weighted by atomic mass is 16.4. The second kappa shape index (κ2) is 4.59. The van der Waals surface area contributed by atoms with Crippen molar-refractivity contribution in [3.63, 3.8) is 0 Å². The normalized spacial score (nSPS) is 11.9. The molecule has 1 aromatic carbocycles. The van der Waals surface area contributed by atoms with E-state index in [0.717, 1.165) is 0 Å². The van der Waals surface area contributed by atoms with E-state index in [0.29, 0.717) is 5.56 Å². The van der Waals surface area contributed by atoms with Crippen LogP contribution in [0.5, 0.6) is 0 Å². The Kier molecular flexibility index (Phi) is 3.44. The van der Waals surface area contributed by atoms with E-state index in [1.54, 1.807) is 30.3 Å². The lowest BCUT2D eigenvalue weighted by atomic mass is 10.1. The van der Waals surface area contributed by atoms with Gasteiger partial charge in [0.1, 0.15) is 0 Å². The number of amides is 1. The van der Waals surface area contributed by atoms with E-state index in [1.807, 2.05) is 0 Å². The third-order valence-corrected chi connectivity index (χ3v) is 2.23. The molecule has 0 saturated carbocycles. The number of carboxylic acid groups (broad SMARTS) is 1. The van der Waals surface area contributed by atoms with Crippen LogP contribution in [0.4, 0.5) is 0 Å². The molecular formula is C11H13NO3. The summed E-state index contributed by atoms with van der Waals surface area (Å²) in [7, 11) is 1.48. The minimum atomic E-state index is -1.03. The maximum absolute atomic E-state index is 11.1. The lowest BCUT2D eigenvalue weighted by molar-refractivity contribution is -0.148. The Morgan fingerprint density at radius 3 is 2.20 bits per heavy atom. The average Bonchev–Trinajstić information content (AvgIpc) is 2.18. The highest BCUT2D eigenvalue weighted by molar-refractivity contribution is 5.83. The molecule has 0 aliphatic rings. The molecule has 0 spiro atoms. The van der Waals surface area contributed by atoms with E-state index in [2.05, 4.69) is 0 Å². The smallest absolute Gasteiger partial charge is 0.331 e. The Labute approximate surface area is 88.1 Å². The summed E-state index contributed by atoms with van der Waals surface area (Å²) in [5, 5.41) is 9.05. The number of hydrogen-bond donors (Lipinski definition) is 1. The topological polar surface area (TPSA) is 57.6 Å². The van der Waals surface area contributed by atoms with Crippen LogP contribution in [0.15, 0.2) is 30.3 Å². The first-order valence-corrected chi connectivity index (χ1v) is 4.55. The van der Waals surface area contributed by atoms with Crippen molar-refractivity contribution in [2.24, 2.45) is 0 Å². The Hall–Kier alpha value is -1.84. The van der Waals surface area contributed by atoms with Gasteiger partial charge in [-0.1, -0.05) is 30.3 Å². The first-order chi connectivity index (χ1) is 7.04. The van der Waals surface area contributed by atoms with Crippen molar-refractivity contribution < 1.29 is 14.7 Å². The van der Waals surface area contributed by atoms with Crippen LogP contribution in [0.25, 0.3) is 0 Å². The van der Waals surface area contributed by atoms with Gasteiger partial charge in [0, 0.05) is 14.0 Å². The summed E-state index contributed by atoms with van der Waals surface area (Å²) in [5.74, 6) is -1.30. The van der Waals surface area contributed by atoms with Crippen LogP contribution in [0.3, 0.4) is 0 Å². The summed E-state index contributed by atoms with van der Waals surface area (Å²) in [6.45, 7) is 1.35. The first kappa shape index (κ1) is 11.2. The van der Waals surface area contributed by atoms with Gasteiger partial charge in [-0.25, -0.2) is 4.79 Å². The molecule has 0 saturated heterocycles. The van der Waals surface area contributed by atoms with E-state index >= 15 is 0 Å². The van der Waals surface area contributed by atoms with E-state index < -0.39 is 12.0 Å². The van der Waals surface area contributed by atoms with Crippen LogP contribution in [0, 0.1) is 0 Å². The fourth-order valence-electron chi connectivity index (χ4n) is 1.35. The molecule has 4 nitrogen and oxygen atoms in total. The van der Waals surface area contributed by atoms with Crippen molar-refractivity contribution in [3.05, 3.63) is 35.9 Å². The molecule has 15 heavy (non-hydrogen) atoms. The number of rotatable bonds is 3. The van der Waals surface area contributed by atoms with Crippen LogP contribution in [-0.2, 0) is 9.59 Å². The van der Waals surface area contributed by atoms with Crippen LogP contribution in [0.1, 0.15) is 18.5 Å². The Balaban J connectivity index is 3.04. The number of carboxylic acids is 1. The van der Waals surface area contributed by atoms with Crippen LogP contribution >= 0.6 is 0 Å². The molecule has 0 radical (unpaired) electrons. The number of carbonyl (C=O) groups is 2. The van der Waals surface area contributed by atoms with E-state index in [9.17, 15) is 9.59 Å². The van der Waals surface area contributed by atoms with Gasteiger partial charge in [-0.3, -0.25) is 4.79 Å². The quantitative estimate of drug-likeness (QED) is 0.812. The molecule has 80 valence electrons. The fourth-order valence-corrected chi connectivity index (χ4v) is 1.35. The zero-order valence-corrected chi connectivity index (χ0v) is 8.68. The first-order valence-electron chi connectivity index (χ1n) is 4.55. The van der Waals surface area contributed by atoms with Crippen LogP contribution in [-0.4, -0.2) is 28.9 Å². The van der Waals surface area contributed by atoms with Crippen molar-refractivity contribution >= 4 is 11.9 Å². The van der Waals surface area contributed by atoms with Gasteiger partial charge in [0.2, 0.25) is 5.91 Å². The van der Waals surface area contributed by atoms with Crippen molar-refractivity contribution in [2.45, 2.75) is 13.0 Å². The Morgan fingerprint density at radius 2 is 1.80 bits per heavy atom.